The van der Waals surface area contributed by atoms with Gasteiger partial charge in [0.25, 0.3) is 12.4 Å². The lowest BCUT2D eigenvalue weighted by atomic mass is 10.1. The fourth-order valence-corrected chi connectivity index (χ4v) is 3.13. The number of pyridine rings is 1. The number of anilines is 1. The number of hydrogen-bond donors (Lipinski definition) is 1. The van der Waals surface area contributed by atoms with Crippen molar-refractivity contribution in [3.63, 3.8) is 0 Å². The van der Waals surface area contributed by atoms with Gasteiger partial charge in [0.2, 0.25) is 0 Å². The molecule has 1 aromatic carbocycles. The summed E-state index contributed by atoms with van der Waals surface area (Å²) in [7, 11) is 1.37. The van der Waals surface area contributed by atoms with Gasteiger partial charge in [-0.05, 0) is 30.7 Å². The van der Waals surface area contributed by atoms with Crippen molar-refractivity contribution < 1.29 is 37.0 Å². The molecule has 168 valence electrons. The summed E-state index contributed by atoms with van der Waals surface area (Å²) >= 11 is 0. The first-order valence-electron chi connectivity index (χ1n) is 9.20. The lowest BCUT2D eigenvalue weighted by Gasteiger charge is -2.23. The van der Waals surface area contributed by atoms with Crippen LogP contribution in [0.4, 0.5) is 23.4 Å². The van der Waals surface area contributed by atoms with Crippen molar-refractivity contribution in [2.24, 2.45) is 0 Å². The Kier molecular flexibility index (Phi) is 8.17. The van der Waals surface area contributed by atoms with Crippen LogP contribution in [0.5, 0.6) is 5.75 Å². The van der Waals surface area contributed by atoms with Crippen molar-refractivity contribution in [2.75, 3.05) is 38.2 Å². The number of carbonyl (C=O) groups is 2. The lowest BCUT2D eigenvalue weighted by Crippen LogP contribution is -2.36. The number of rotatable bonds is 3. The van der Waals surface area contributed by atoms with Crippen LogP contribution in [0.2, 0.25) is 0 Å². The van der Waals surface area contributed by atoms with Crippen molar-refractivity contribution in [3.05, 3.63) is 53.5 Å². The van der Waals surface area contributed by atoms with Crippen LogP contribution in [0.25, 0.3) is 0 Å². The molecular formula is C20H21F4N3O4. The van der Waals surface area contributed by atoms with E-state index >= 15 is 0 Å². The Bertz CT molecular complexity index is 891. The summed E-state index contributed by atoms with van der Waals surface area (Å²) in [5.74, 6) is -0.562. The van der Waals surface area contributed by atoms with Gasteiger partial charge in [-0.15, -0.1) is 0 Å². The van der Waals surface area contributed by atoms with Crippen LogP contribution < -0.4 is 9.64 Å². The Hall–Kier alpha value is -3.37. The largest absolute Gasteiger partial charge is 0.496 e. The Morgan fingerprint density at radius 1 is 1.16 bits per heavy atom. The van der Waals surface area contributed by atoms with Gasteiger partial charge in [-0.2, -0.15) is 13.2 Å². The van der Waals surface area contributed by atoms with Crippen LogP contribution in [0.1, 0.15) is 22.3 Å². The minimum Gasteiger partial charge on any atom is -0.496 e. The van der Waals surface area contributed by atoms with E-state index in [1.807, 2.05) is 4.90 Å². The van der Waals surface area contributed by atoms with Gasteiger partial charge >= 0.3 is 6.18 Å². The second-order valence-corrected chi connectivity index (χ2v) is 6.46. The van der Waals surface area contributed by atoms with Crippen molar-refractivity contribution in [1.29, 1.82) is 0 Å². The van der Waals surface area contributed by atoms with Gasteiger partial charge in [-0.3, -0.25) is 9.59 Å². The molecule has 1 N–H and O–H groups in total. The predicted octanol–water partition coefficient (Wildman–Crippen LogP) is 3.30. The quantitative estimate of drug-likeness (QED) is 0.579. The van der Waals surface area contributed by atoms with E-state index in [0.29, 0.717) is 38.4 Å². The van der Waals surface area contributed by atoms with Crippen LogP contribution in [0.15, 0.2) is 36.5 Å². The van der Waals surface area contributed by atoms with Gasteiger partial charge < -0.3 is 19.6 Å². The number of aromatic nitrogens is 1. The molecule has 0 atom stereocenters. The molecule has 7 nitrogen and oxygen atoms in total. The zero-order chi connectivity index (χ0) is 23.0. The Morgan fingerprint density at radius 3 is 2.45 bits per heavy atom. The Labute approximate surface area is 175 Å². The third kappa shape index (κ3) is 6.06. The van der Waals surface area contributed by atoms with Gasteiger partial charge in [0.1, 0.15) is 22.9 Å². The molecule has 0 spiro atoms. The van der Waals surface area contributed by atoms with E-state index in [1.165, 1.54) is 36.3 Å². The first-order chi connectivity index (χ1) is 14.7. The van der Waals surface area contributed by atoms with Gasteiger partial charge in [0.05, 0.1) is 12.7 Å². The minimum absolute atomic E-state index is 0.119. The summed E-state index contributed by atoms with van der Waals surface area (Å²) in [6.07, 6.45) is -3.06. The van der Waals surface area contributed by atoms with Crippen molar-refractivity contribution >= 4 is 18.2 Å². The van der Waals surface area contributed by atoms with E-state index in [9.17, 15) is 22.4 Å². The fourth-order valence-electron chi connectivity index (χ4n) is 3.13. The highest BCUT2D eigenvalue weighted by atomic mass is 19.4. The van der Waals surface area contributed by atoms with Crippen LogP contribution in [-0.2, 0) is 11.0 Å². The molecule has 1 amide bonds. The van der Waals surface area contributed by atoms with Gasteiger partial charge in [-0.1, -0.05) is 6.07 Å². The lowest BCUT2D eigenvalue weighted by molar-refractivity contribution is -0.137. The van der Waals surface area contributed by atoms with E-state index in [1.54, 1.807) is 0 Å². The van der Waals surface area contributed by atoms with E-state index in [4.69, 9.17) is 14.6 Å². The highest BCUT2D eigenvalue weighted by Crippen LogP contribution is 2.29. The third-order valence-corrected chi connectivity index (χ3v) is 4.59. The normalized spacial score (nSPS) is 14.2. The maximum atomic E-state index is 14.2. The van der Waals surface area contributed by atoms with E-state index in [0.717, 1.165) is 12.3 Å². The molecule has 3 rings (SSSR count). The molecular weight excluding hydrogens is 422 g/mol. The maximum absolute atomic E-state index is 14.2. The summed E-state index contributed by atoms with van der Waals surface area (Å²) in [6, 6.07) is 6.49. The molecule has 1 aliphatic rings. The number of alkyl halides is 3. The molecule has 11 heteroatoms. The van der Waals surface area contributed by atoms with Crippen LogP contribution in [0, 0.1) is 5.82 Å². The zero-order valence-corrected chi connectivity index (χ0v) is 16.6. The van der Waals surface area contributed by atoms with Crippen LogP contribution >= 0.6 is 0 Å². The van der Waals surface area contributed by atoms with Crippen LogP contribution in [0.3, 0.4) is 0 Å². The molecule has 0 saturated carbocycles. The topological polar surface area (TPSA) is 83.0 Å². The summed E-state index contributed by atoms with van der Waals surface area (Å²) in [5.41, 5.74) is -0.930. The number of ether oxygens (including phenoxy) is 1. The van der Waals surface area contributed by atoms with Gasteiger partial charge in [0, 0.05) is 32.4 Å². The number of carboxylic acid groups (broad SMARTS) is 1. The fraction of sp³-hybridized carbons (Fsp3) is 0.350. The number of nitrogens with zero attached hydrogens (tertiary/aromatic N) is 3. The molecule has 31 heavy (non-hydrogen) atoms. The molecule has 2 heterocycles. The monoisotopic (exact) mass is 443 g/mol. The number of methoxy groups -OCH3 is 1. The molecule has 0 bridgehead atoms. The molecule has 0 unspecified atom stereocenters. The maximum Gasteiger partial charge on any atom is 0.417 e. The molecule has 1 saturated heterocycles. The summed E-state index contributed by atoms with van der Waals surface area (Å²) < 4.78 is 57.3. The van der Waals surface area contributed by atoms with Crippen molar-refractivity contribution in [1.82, 2.24) is 9.88 Å². The first kappa shape index (κ1) is 23.9. The number of hydrogen-bond acceptors (Lipinski definition) is 5. The number of amides is 1. The predicted molar refractivity (Wildman–Crippen MR) is 104 cm³/mol. The number of halogens is 4. The standard InChI is InChI=1S/C19H19F4N3O2.CH2O2/c1-28-15-5-2-4-14(20)17(15)18(27)26-9-3-8-25(10-11-26)16-7-6-13(12-24-16)19(21,22)23;2-1-3/h2,4-7,12H,3,8-11H2,1H3;1H,(H,2,3). The highest BCUT2D eigenvalue weighted by Gasteiger charge is 2.31. The van der Waals surface area contributed by atoms with E-state index < -0.39 is 23.5 Å². The zero-order valence-electron chi connectivity index (χ0n) is 16.6. The molecule has 0 radical (unpaired) electrons. The second kappa shape index (κ2) is 10.6. The third-order valence-electron chi connectivity index (χ3n) is 4.59. The summed E-state index contributed by atoms with van der Waals surface area (Å²) in [5, 5.41) is 6.89. The van der Waals surface area contributed by atoms with Crippen molar-refractivity contribution in [3.8, 4) is 5.75 Å². The number of carbonyl (C=O) groups excluding carboxylic acids is 1. The van der Waals surface area contributed by atoms with Gasteiger partial charge in [0.15, 0.2) is 0 Å². The molecule has 1 aliphatic heterocycles. The Morgan fingerprint density at radius 2 is 1.87 bits per heavy atom. The molecule has 1 aromatic heterocycles. The van der Waals surface area contributed by atoms with E-state index in [-0.39, 0.29) is 17.8 Å². The minimum atomic E-state index is -4.44. The average Bonchev–Trinajstić information content (AvgIpc) is 2.99. The first-order valence-corrected chi connectivity index (χ1v) is 9.20. The highest BCUT2D eigenvalue weighted by molar-refractivity contribution is 5.97. The SMILES string of the molecule is COc1cccc(F)c1C(=O)N1CCCN(c2ccc(C(F)(F)F)cn2)CC1.O=CO. The Balaban J connectivity index is 0.00000107. The average molecular weight is 443 g/mol. The smallest absolute Gasteiger partial charge is 0.417 e. The van der Waals surface area contributed by atoms with Gasteiger partial charge in [-0.25, -0.2) is 9.37 Å². The summed E-state index contributed by atoms with van der Waals surface area (Å²) in [4.78, 5) is 28.4. The molecule has 2 aromatic rings. The summed E-state index contributed by atoms with van der Waals surface area (Å²) in [6.45, 7) is 1.34. The van der Waals surface area contributed by atoms with Crippen LogP contribution in [-0.4, -0.2) is 60.7 Å². The number of benzene rings is 1. The van der Waals surface area contributed by atoms with Crippen molar-refractivity contribution in [2.45, 2.75) is 12.6 Å². The van der Waals surface area contributed by atoms with E-state index in [2.05, 4.69) is 4.98 Å². The molecule has 0 aliphatic carbocycles. The second-order valence-electron chi connectivity index (χ2n) is 6.46. The molecule has 1 fully saturated rings.